The van der Waals surface area contributed by atoms with Gasteiger partial charge in [-0.25, -0.2) is 0 Å². The molecule has 0 aliphatic rings. The molecule has 3 nitrogen and oxygen atoms in total. The first kappa shape index (κ1) is 10.1. The molecule has 0 spiro atoms. The van der Waals surface area contributed by atoms with Crippen LogP contribution in [0.2, 0.25) is 0 Å². The quantitative estimate of drug-likeness (QED) is 0.804. The molecule has 0 aliphatic carbocycles. The molecular formula is C12H16N2O. The van der Waals surface area contributed by atoms with Crippen molar-refractivity contribution in [2.24, 2.45) is 0 Å². The van der Waals surface area contributed by atoms with Crippen LogP contribution in [0.25, 0.3) is 11.3 Å². The summed E-state index contributed by atoms with van der Waals surface area (Å²) in [5, 5.41) is 3.34. The topological polar surface area (TPSA) is 41.0 Å². The second-order valence-corrected chi connectivity index (χ2v) is 3.88. The average Bonchev–Trinajstić information content (AvgIpc) is 2.85. The third-order valence-corrected chi connectivity index (χ3v) is 2.30. The minimum atomic E-state index is 0.464. The molecule has 0 saturated carbocycles. The third kappa shape index (κ3) is 2.30. The van der Waals surface area contributed by atoms with Crippen LogP contribution in [-0.4, -0.2) is 11.0 Å². The molecule has 0 aromatic carbocycles. The Bertz CT molecular complexity index is 401. The summed E-state index contributed by atoms with van der Waals surface area (Å²) >= 11 is 0. The second kappa shape index (κ2) is 4.36. The van der Waals surface area contributed by atoms with E-state index in [1.54, 1.807) is 6.26 Å². The number of hydrogen-bond acceptors (Lipinski definition) is 2. The molecule has 2 heterocycles. The van der Waals surface area contributed by atoms with Gasteiger partial charge in [0, 0.05) is 23.5 Å². The highest BCUT2D eigenvalue weighted by Crippen LogP contribution is 2.22. The predicted molar refractivity (Wildman–Crippen MR) is 60.5 cm³/mol. The van der Waals surface area contributed by atoms with Crippen molar-refractivity contribution in [2.75, 3.05) is 0 Å². The zero-order valence-electron chi connectivity index (χ0n) is 9.08. The highest BCUT2D eigenvalue weighted by atomic mass is 16.3. The minimum Gasteiger partial charge on any atom is -0.467 e. The highest BCUT2D eigenvalue weighted by molar-refractivity contribution is 5.61. The molecule has 15 heavy (non-hydrogen) atoms. The van der Waals surface area contributed by atoms with Crippen molar-refractivity contribution in [2.45, 2.75) is 26.4 Å². The van der Waals surface area contributed by atoms with Gasteiger partial charge in [0.1, 0.15) is 5.76 Å². The Balaban J connectivity index is 2.16. The molecule has 80 valence electrons. The molecule has 3 heteroatoms. The molecule has 0 bridgehead atoms. The largest absolute Gasteiger partial charge is 0.467 e. The van der Waals surface area contributed by atoms with E-state index in [0.717, 1.165) is 23.6 Å². The van der Waals surface area contributed by atoms with Gasteiger partial charge in [-0.15, -0.1) is 0 Å². The summed E-state index contributed by atoms with van der Waals surface area (Å²) in [4.78, 5) is 3.18. The lowest BCUT2D eigenvalue weighted by atomic mass is 10.2. The van der Waals surface area contributed by atoms with Gasteiger partial charge in [-0.05, 0) is 18.2 Å². The van der Waals surface area contributed by atoms with Gasteiger partial charge in [0.15, 0.2) is 0 Å². The van der Waals surface area contributed by atoms with Crippen molar-refractivity contribution >= 4 is 0 Å². The number of H-pyrrole nitrogens is 1. The van der Waals surface area contributed by atoms with Crippen molar-refractivity contribution in [3.63, 3.8) is 0 Å². The summed E-state index contributed by atoms with van der Waals surface area (Å²) < 4.78 is 5.46. The van der Waals surface area contributed by atoms with Gasteiger partial charge in [0.25, 0.3) is 0 Å². The van der Waals surface area contributed by atoms with E-state index < -0.39 is 0 Å². The van der Waals surface area contributed by atoms with Crippen LogP contribution in [0, 0.1) is 0 Å². The zero-order chi connectivity index (χ0) is 10.7. The maximum absolute atomic E-state index is 5.46. The monoisotopic (exact) mass is 204 g/mol. The molecule has 2 rings (SSSR count). The van der Waals surface area contributed by atoms with Crippen molar-refractivity contribution in [1.82, 2.24) is 10.3 Å². The molecule has 0 unspecified atom stereocenters. The van der Waals surface area contributed by atoms with E-state index >= 15 is 0 Å². The van der Waals surface area contributed by atoms with Gasteiger partial charge in [-0.2, -0.15) is 0 Å². The fourth-order valence-corrected chi connectivity index (χ4v) is 1.51. The standard InChI is InChI=1S/C12H16N2O/c1-9(2)14-8-12-10(5-7-15-12)11-4-3-6-13-11/h3-7,9,13-14H,8H2,1-2H3. The summed E-state index contributed by atoms with van der Waals surface area (Å²) in [6.07, 6.45) is 3.65. The van der Waals surface area contributed by atoms with Crippen molar-refractivity contribution in [3.05, 3.63) is 36.4 Å². The van der Waals surface area contributed by atoms with Crippen molar-refractivity contribution < 1.29 is 4.42 Å². The Morgan fingerprint density at radius 1 is 1.40 bits per heavy atom. The van der Waals surface area contributed by atoms with Crippen LogP contribution in [0.4, 0.5) is 0 Å². The van der Waals surface area contributed by atoms with Crippen LogP contribution in [0.1, 0.15) is 19.6 Å². The van der Waals surface area contributed by atoms with Crippen LogP contribution in [0.5, 0.6) is 0 Å². The van der Waals surface area contributed by atoms with Crippen molar-refractivity contribution in [1.29, 1.82) is 0 Å². The fraction of sp³-hybridized carbons (Fsp3) is 0.333. The van der Waals surface area contributed by atoms with Gasteiger partial charge >= 0.3 is 0 Å². The summed E-state index contributed by atoms with van der Waals surface area (Å²) in [5.41, 5.74) is 2.23. The minimum absolute atomic E-state index is 0.464. The number of hydrogen-bond donors (Lipinski definition) is 2. The molecule has 2 aromatic rings. The number of rotatable bonds is 4. The molecule has 0 aliphatic heterocycles. The first-order valence-corrected chi connectivity index (χ1v) is 5.21. The fourth-order valence-electron chi connectivity index (χ4n) is 1.51. The Labute approximate surface area is 89.5 Å². The van der Waals surface area contributed by atoms with Gasteiger partial charge in [0.05, 0.1) is 12.8 Å². The maximum atomic E-state index is 5.46. The second-order valence-electron chi connectivity index (χ2n) is 3.88. The molecule has 2 aromatic heterocycles. The number of furan rings is 1. The Morgan fingerprint density at radius 2 is 2.27 bits per heavy atom. The Kier molecular flexibility index (Phi) is 2.92. The van der Waals surface area contributed by atoms with E-state index in [1.165, 1.54) is 0 Å². The molecule has 0 amide bonds. The van der Waals surface area contributed by atoms with Crippen LogP contribution >= 0.6 is 0 Å². The number of nitrogens with one attached hydrogen (secondary N) is 2. The van der Waals surface area contributed by atoms with Gasteiger partial charge in [0.2, 0.25) is 0 Å². The van der Waals surface area contributed by atoms with E-state index in [0.29, 0.717) is 6.04 Å². The first-order valence-electron chi connectivity index (χ1n) is 5.21. The van der Waals surface area contributed by atoms with E-state index in [-0.39, 0.29) is 0 Å². The summed E-state index contributed by atoms with van der Waals surface area (Å²) in [6, 6.07) is 6.49. The molecule has 0 atom stereocenters. The van der Waals surface area contributed by atoms with E-state index in [1.807, 2.05) is 24.4 Å². The van der Waals surface area contributed by atoms with Crippen LogP contribution in [0.3, 0.4) is 0 Å². The Morgan fingerprint density at radius 3 is 2.93 bits per heavy atom. The van der Waals surface area contributed by atoms with Crippen LogP contribution in [0.15, 0.2) is 35.1 Å². The first-order chi connectivity index (χ1) is 7.27. The van der Waals surface area contributed by atoms with Crippen LogP contribution in [-0.2, 0) is 6.54 Å². The van der Waals surface area contributed by atoms with E-state index in [9.17, 15) is 0 Å². The molecule has 2 N–H and O–H groups in total. The number of aromatic nitrogens is 1. The zero-order valence-corrected chi connectivity index (χ0v) is 9.08. The Hall–Kier alpha value is -1.48. The lowest BCUT2D eigenvalue weighted by Gasteiger charge is -2.06. The average molecular weight is 204 g/mol. The summed E-state index contributed by atoms with van der Waals surface area (Å²) in [6.45, 7) is 5.01. The van der Waals surface area contributed by atoms with E-state index in [4.69, 9.17) is 4.42 Å². The van der Waals surface area contributed by atoms with Crippen LogP contribution < -0.4 is 5.32 Å². The third-order valence-electron chi connectivity index (χ3n) is 2.30. The summed E-state index contributed by atoms with van der Waals surface area (Å²) in [7, 11) is 0. The molecule has 0 saturated heterocycles. The number of aromatic amines is 1. The molecule has 0 fully saturated rings. The molecule has 0 radical (unpaired) electrons. The lowest BCUT2D eigenvalue weighted by Crippen LogP contribution is -2.21. The normalized spacial score (nSPS) is 11.1. The highest BCUT2D eigenvalue weighted by Gasteiger charge is 2.08. The smallest absolute Gasteiger partial charge is 0.126 e. The van der Waals surface area contributed by atoms with Gasteiger partial charge in [-0.3, -0.25) is 0 Å². The molecular weight excluding hydrogens is 188 g/mol. The van der Waals surface area contributed by atoms with Gasteiger partial charge in [-0.1, -0.05) is 13.8 Å². The van der Waals surface area contributed by atoms with Gasteiger partial charge < -0.3 is 14.7 Å². The predicted octanol–water partition coefficient (Wildman–Crippen LogP) is 2.77. The SMILES string of the molecule is CC(C)NCc1occc1-c1ccc[nH]1. The van der Waals surface area contributed by atoms with E-state index in [2.05, 4.69) is 24.1 Å². The summed E-state index contributed by atoms with van der Waals surface area (Å²) in [5.74, 6) is 0.978. The lowest BCUT2D eigenvalue weighted by molar-refractivity contribution is 0.466. The maximum Gasteiger partial charge on any atom is 0.126 e. The van der Waals surface area contributed by atoms with Crippen molar-refractivity contribution in [3.8, 4) is 11.3 Å².